The smallest absolute Gasteiger partial charge is 0.410 e. The minimum absolute atomic E-state index is 0.0837. The Kier molecular flexibility index (Phi) is 13.1. The topological polar surface area (TPSA) is 153 Å². The monoisotopic (exact) mass is 722 g/mol. The highest BCUT2D eigenvalue weighted by Crippen LogP contribution is 2.37. The lowest BCUT2D eigenvalue weighted by atomic mass is 9.90. The fraction of sp³-hybridized carbons (Fsp3) is 0.568. The van der Waals surface area contributed by atoms with Gasteiger partial charge >= 0.3 is 12.2 Å². The Morgan fingerprint density at radius 1 is 0.980 bits per heavy atom. The number of nitrogens with one attached hydrogen (secondary N) is 3. The Morgan fingerprint density at radius 3 is 2.37 bits per heavy atom. The van der Waals surface area contributed by atoms with E-state index in [2.05, 4.69) is 26.0 Å². The van der Waals surface area contributed by atoms with E-state index in [-0.39, 0.29) is 31.1 Å². The van der Waals surface area contributed by atoms with Crippen molar-refractivity contribution in [2.45, 2.75) is 103 Å². The van der Waals surface area contributed by atoms with Gasteiger partial charge in [-0.15, -0.1) is 0 Å². The quantitative estimate of drug-likeness (QED) is 0.154. The van der Waals surface area contributed by atoms with Gasteiger partial charge in [0.1, 0.15) is 18.8 Å². The lowest BCUT2D eigenvalue weighted by Gasteiger charge is -2.36. The Hall–Kier alpha value is -4.39. The summed E-state index contributed by atoms with van der Waals surface area (Å²) < 4.78 is 12.8. The Balaban J connectivity index is 1.14. The molecule has 51 heavy (non-hydrogen) atoms. The van der Waals surface area contributed by atoms with E-state index in [0.717, 1.165) is 36.1 Å². The van der Waals surface area contributed by atoms with Gasteiger partial charge in [0.2, 0.25) is 11.9 Å². The molecule has 2 aromatic heterocycles. The number of aromatic nitrogens is 4. The first-order chi connectivity index (χ1) is 24.4. The third-order valence-electron chi connectivity index (χ3n) is 9.06. The van der Waals surface area contributed by atoms with Crippen LogP contribution in [0.25, 0.3) is 11.3 Å². The second-order valence-corrected chi connectivity index (χ2v) is 14.9. The second-order valence-electron chi connectivity index (χ2n) is 14.5. The zero-order valence-corrected chi connectivity index (χ0v) is 30.9. The van der Waals surface area contributed by atoms with Crippen molar-refractivity contribution in [2.75, 3.05) is 25.0 Å². The van der Waals surface area contributed by atoms with E-state index >= 15 is 0 Å². The maximum absolute atomic E-state index is 13.4. The molecule has 3 N–H and O–H groups in total. The second kappa shape index (κ2) is 17.7. The Labute approximate surface area is 305 Å². The molecular weight excluding hydrogens is 672 g/mol. The molecule has 2 saturated carbocycles. The summed E-state index contributed by atoms with van der Waals surface area (Å²) in [5.74, 6) is 0.929. The summed E-state index contributed by atoms with van der Waals surface area (Å²) in [4.78, 5) is 49.1. The van der Waals surface area contributed by atoms with E-state index in [4.69, 9.17) is 26.1 Å². The number of anilines is 1. The largest absolute Gasteiger partial charge is 0.445 e. The van der Waals surface area contributed by atoms with Gasteiger partial charge in [0.25, 0.3) is 0 Å². The van der Waals surface area contributed by atoms with Crippen LogP contribution in [0.2, 0.25) is 5.02 Å². The highest BCUT2D eigenvalue weighted by Gasteiger charge is 2.32. The number of aryl methyl sites for hydroxylation is 1. The van der Waals surface area contributed by atoms with Crippen LogP contribution in [0.3, 0.4) is 0 Å². The van der Waals surface area contributed by atoms with Crippen LogP contribution in [-0.4, -0.2) is 80.1 Å². The molecule has 2 heterocycles. The van der Waals surface area contributed by atoms with Crippen molar-refractivity contribution in [3.8, 4) is 11.3 Å². The predicted octanol–water partition coefficient (Wildman–Crippen LogP) is 6.27. The first-order valence-corrected chi connectivity index (χ1v) is 18.3. The number of amides is 3. The third-order valence-corrected chi connectivity index (χ3v) is 9.33. The number of benzene rings is 1. The highest BCUT2D eigenvalue weighted by molar-refractivity contribution is 6.33. The van der Waals surface area contributed by atoms with Gasteiger partial charge in [-0.2, -0.15) is 5.10 Å². The number of unbranched alkanes of at least 4 members (excludes halogenated alkanes) is 1. The number of halogens is 1. The third kappa shape index (κ3) is 11.8. The van der Waals surface area contributed by atoms with E-state index in [1.165, 1.54) is 12.8 Å². The summed E-state index contributed by atoms with van der Waals surface area (Å²) in [7, 11) is 1.95. The van der Waals surface area contributed by atoms with Crippen molar-refractivity contribution in [1.29, 1.82) is 0 Å². The van der Waals surface area contributed by atoms with E-state index in [1.54, 1.807) is 11.1 Å². The average Bonchev–Trinajstić information content (AvgIpc) is 3.85. The SMILES string of the molecule is Cn1ncc(-c2nc(NC3CCC(N(CC(=O)NCCCCNC(=O)OC(C)(C)C)C(=O)OCc4ccccc4)CC3)ncc2Cl)c1CC1CC1. The molecule has 2 aliphatic carbocycles. The molecule has 276 valence electrons. The van der Waals surface area contributed by atoms with Crippen LogP contribution in [0.15, 0.2) is 42.7 Å². The van der Waals surface area contributed by atoms with E-state index < -0.39 is 17.8 Å². The molecule has 1 aromatic carbocycles. The number of alkyl carbamates (subject to hydrolysis) is 1. The van der Waals surface area contributed by atoms with Crippen molar-refractivity contribution in [3.05, 3.63) is 59.0 Å². The van der Waals surface area contributed by atoms with Crippen LogP contribution in [0.5, 0.6) is 0 Å². The van der Waals surface area contributed by atoms with Gasteiger partial charge in [0.05, 0.1) is 23.1 Å². The van der Waals surface area contributed by atoms with Crippen molar-refractivity contribution in [2.24, 2.45) is 13.0 Å². The normalized spacial score (nSPS) is 17.4. The zero-order valence-electron chi connectivity index (χ0n) is 30.1. The molecule has 5 rings (SSSR count). The van der Waals surface area contributed by atoms with Crippen LogP contribution in [0.4, 0.5) is 15.5 Å². The van der Waals surface area contributed by atoms with Crippen molar-refractivity contribution < 1.29 is 23.9 Å². The molecule has 0 atom stereocenters. The molecular formula is C37H51ClN8O5. The minimum atomic E-state index is -0.559. The highest BCUT2D eigenvalue weighted by atomic mass is 35.5. The van der Waals surface area contributed by atoms with Crippen LogP contribution in [0, 0.1) is 5.92 Å². The van der Waals surface area contributed by atoms with E-state index in [0.29, 0.717) is 61.4 Å². The van der Waals surface area contributed by atoms with Gasteiger partial charge in [-0.3, -0.25) is 14.4 Å². The van der Waals surface area contributed by atoms with E-state index in [1.807, 2.05) is 69.0 Å². The van der Waals surface area contributed by atoms with Crippen molar-refractivity contribution >= 4 is 35.6 Å². The average molecular weight is 723 g/mol. The summed E-state index contributed by atoms with van der Waals surface area (Å²) >= 11 is 6.59. The van der Waals surface area contributed by atoms with Crippen molar-refractivity contribution in [3.63, 3.8) is 0 Å². The summed E-state index contributed by atoms with van der Waals surface area (Å²) in [5, 5.41) is 14.1. The predicted molar refractivity (Wildman–Crippen MR) is 195 cm³/mol. The zero-order chi connectivity index (χ0) is 36.4. The van der Waals surface area contributed by atoms with Crippen molar-refractivity contribution in [1.82, 2.24) is 35.3 Å². The van der Waals surface area contributed by atoms with Gasteiger partial charge in [0, 0.05) is 43.5 Å². The summed E-state index contributed by atoms with van der Waals surface area (Å²) in [6, 6.07) is 9.39. The first-order valence-electron chi connectivity index (χ1n) is 18.0. The minimum Gasteiger partial charge on any atom is -0.445 e. The number of carbonyl (C=O) groups is 3. The molecule has 2 aliphatic rings. The summed E-state index contributed by atoms with van der Waals surface area (Å²) in [5.41, 5.74) is 3.05. The van der Waals surface area contributed by atoms with Gasteiger partial charge in [-0.1, -0.05) is 41.9 Å². The molecule has 0 spiro atoms. The van der Waals surface area contributed by atoms with Crippen LogP contribution < -0.4 is 16.0 Å². The molecule has 3 aromatic rings. The van der Waals surface area contributed by atoms with Gasteiger partial charge < -0.3 is 25.4 Å². The lowest BCUT2D eigenvalue weighted by Crippen LogP contribution is -2.48. The molecule has 0 unspecified atom stereocenters. The van der Waals surface area contributed by atoms with Crippen LogP contribution >= 0.6 is 11.6 Å². The molecule has 0 radical (unpaired) electrons. The molecule has 13 nitrogen and oxygen atoms in total. The number of hydrogen-bond donors (Lipinski definition) is 3. The molecule has 0 saturated heterocycles. The maximum Gasteiger partial charge on any atom is 0.410 e. The molecule has 2 fully saturated rings. The molecule has 14 heteroatoms. The summed E-state index contributed by atoms with van der Waals surface area (Å²) in [6.45, 7) is 6.30. The first kappa shape index (κ1) is 37.9. The lowest BCUT2D eigenvalue weighted by molar-refractivity contribution is -0.122. The number of hydrogen-bond acceptors (Lipinski definition) is 9. The number of ether oxygens (including phenoxy) is 2. The Morgan fingerprint density at radius 2 is 1.69 bits per heavy atom. The van der Waals surface area contributed by atoms with Gasteiger partial charge in [-0.05, 0) is 90.0 Å². The fourth-order valence-electron chi connectivity index (χ4n) is 6.18. The number of carbonyl (C=O) groups excluding carboxylic acids is 3. The standard InChI is InChI=1S/C37H51ClN8O5/c1-37(2,3)51-35(48)40-19-9-8-18-39-32(47)23-46(36(49)50-24-26-10-6-5-7-11-26)28-16-14-27(15-17-28)43-34-41-22-30(38)33(44-34)29-21-42-45(4)31(29)20-25-12-13-25/h5-7,10-11,21-22,25,27-28H,8-9,12-20,23-24H2,1-4H3,(H,39,47)(H,40,48)(H,41,43,44). The molecule has 0 aliphatic heterocycles. The Bertz CT molecular complexity index is 1620. The van der Waals surface area contributed by atoms with Crippen LogP contribution in [0.1, 0.15) is 83.4 Å². The summed E-state index contributed by atoms with van der Waals surface area (Å²) in [6.07, 6.45) is 10.1. The number of rotatable bonds is 15. The number of nitrogens with zero attached hydrogens (tertiary/aromatic N) is 5. The molecule has 0 bridgehead atoms. The fourth-order valence-corrected chi connectivity index (χ4v) is 6.37. The maximum atomic E-state index is 13.4. The van der Waals surface area contributed by atoms with Gasteiger partial charge in [0.15, 0.2) is 0 Å². The van der Waals surface area contributed by atoms with E-state index in [9.17, 15) is 14.4 Å². The van der Waals surface area contributed by atoms with Gasteiger partial charge in [-0.25, -0.2) is 19.6 Å². The molecule has 3 amide bonds. The van der Waals surface area contributed by atoms with Crippen LogP contribution in [-0.2, 0) is 34.3 Å².